The van der Waals surface area contributed by atoms with Crippen LogP contribution in [0.15, 0.2) is 67.1 Å². The van der Waals surface area contributed by atoms with E-state index >= 15 is 0 Å². The van der Waals surface area contributed by atoms with Crippen LogP contribution in [0.25, 0.3) is 16.7 Å². The molecule has 4 aromatic rings. The first kappa shape index (κ1) is 20.1. The molecule has 3 heterocycles. The number of hydrogen-bond donors (Lipinski definition) is 0. The fourth-order valence-corrected chi connectivity index (χ4v) is 3.96. The smallest absolute Gasteiger partial charge is 0.248 e. The number of anilines is 1. The number of fused-ring (bicyclic) bond motifs is 1. The molecule has 0 bridgehead atoms. The van der Waals surface area contributed by atoms with Crippen molar-refractivity contribution in [2.45, 2.75) is 6.42 Å². The van der Waals surface area contributed by atoms with Gasteiger partial charge in [-0.2, -0.15) is 5.10 Å². The lowest BCUT2D eigenvalue weighted by atomic mass is 10.1. The van der Waals surface area contributed by atoms with Gasteiger partial charge in [0.05, 0.1) is 30.4 Å². The number of piperazine rings is 1. The Bertz CT molecular complexity index is 1270. The number of nitrogens with zero attached hydrogens (tertiary/aromatic N) is 6. The predicted octanol–water partition coefficient (Wildman–Crippen LogP) is 2.89. The topological polar surface area (TPSA) is 84.2 Å². The second kappa shape index (κ2) is 8.39. The summed E-state index contributed by atoms with van der Waals surface area (Å²) in [6.45, 7) is 0.501. The summed E-state index contributed by atoms with van der Waals surface area (Å²) in [5, 5.41) is 5.73. The molecule has 2 amide bonds. The molecule has 0 unspecified atom stereocenters. The van der Waals surface area contributed by atoms with Crippen LogP contribution < -0.4 is 4.90 Å². The molecule has 1 aliphatic heterocycles. The van der Waals surface area contributed by atoms with Crippen molar-refractivity contribution in [1.82, 2.24) is 24.6 Å². The third kappa shape index (κ3) is 3.80. The highest BCUT2D eigenvalue weighted by Gasteiger charge is 2.32. The molecule has 8 nitrogen and oxygen atoms in total. The minimum atomic E-state index is -0.242. The Kier molecular flexibility index (Phi) is 5.28. The quantitative estimate of drug-likeness (QED) is 0.438. The molecule has 0 aliphatic carbocycles. The van der Waals surface area contributed by atoms with Gasteiger partial charge in [-0.15, -0.1) is 0 Å². The zero-order valence-corrected chi connectivity index (χ0v) is 17.8. The summed E-state index contributed by atoms with van der Waals surface area (Å²) in [5.74, 6) is 0.0303. The van der Waals surface area contributed by atoms with Gasteiger partial charge in [-0.3, -0.25) is 14.5 Å². The van der Waals surface area contributed by atoms with Crippen LogP contribution >= 0.6 is 11.6 Å². The highest BCUT2D eigenvalue weighted by atomic mass is 35.5. The van der Waals surface area contributed by atoms with Crippen LogP contribution in [0.5, 0.6) is 0 Å². The van der Waals surface area contributed by atoms with Gasteiger partial charge < -0.3 is 4.90 Å². The Hall–Kier alpha value is -3.78. The van der Waals surface area contributed by atoms with E-state index in [0.717, 1.165) is 11.3 Å². The van der Waals surface area contributed by atoms with E-state index in [1.807, 2.05) is 42.5 Å². The molecular formula is C23H19ClN6O2. The molecule has 0 radical (unpaired) electrons. The Balaban J connectivity index is 1.37. The lowest BCUT2D eigenvalue weighted by molar-refractivity contribution is -0.145. The van der Waals surface area contributed by atoms with E-state index in [1.165, 1.54) is 11.2 Å². The first-order chi connectivity index (χ1) is 15.6. The number of rotatable bonds is 5. The molecular weight excluding hydrogens is 428 g/mol. The second-order valence-corrected chi connectivity index (χ2v) is 7.93. The third-order valence-electron chi connectivity index (χ3n) is 5.44. The van der Waals surface area contributed by atoms with Crippen LogP contribution in [0.3, 0.4) is 0 Å². The zero-order chi connectivity index (χ0) is 22.1. The number of aromatic nitrogens is 4. The van der Waals surface area contributed by atoms with Crippen LogP contribution in [0.1, 0.15) is 5.56 Å². The summed E-state index contributed by atoms with van der Waals surface area (Å²) < 4.78 is 1.68. The molecule has 2 aromatic heterocycles. The van der Waals surface area contributed by atoms with E-state index < -0.39 is 0 Å². The van der Waals surface area contributed by atoms with Gasteiger partial charge in [0.25, 0.3) is 0 Å². The SMILES string of the molecule is O=C1CN(c2ncnc3c2cnn3-c2ccc(Cl)cc2)CC(=O)N1CCc1ccccc1. The summed E-state index contributed by atoms with van der Waals surface area (Å²) >= 11 is 5.98. The normalized spacial score (nSPS) is 14.4. The summed E-state index contributed by atoms with van der Waals surface area (Å²) in [4.78, 5) is 37.3. The van der Waals surface area contributed by atoms with Crippen molar-refractivity contribution < 1.29 is 9.59 Å². The van der Waals surface area contributed by atoms with Gasteiger partial charge >= 0.3 is 0 Å². The van der Waals surface area contributed by atoms with E-state index in [4.69, 9.17) is 11.6 Å². The van der Waals surface area contributed by atoms with Gasteiger partial charge in [0.1, 0.15) is 12.1 Å². The molecule has 1 fully saturated rings. The van der Waals surface area contributed by atoms with E-state index in [-0.39, 0.29) is 24.9 Å². The highest BCUT2D eigenvalue weighted by molar-refractivity contribution is 6.30. The first-order valence-electron chi connectivity index (χ1n) is 10.2. The van der Waals surface area contributed by atoms with Gasteiger partial charge in [0.2, 0.25) is 11.8 Å². The number of amides is 2. The molecule has 9 heteroatoms. The van der Waals surface area contributed by atoms with Crippen molar-refractivity contribution in [1.29, 1.82) is 0 Å². The van der Waals surface area contributed by atoms with Gasteiger partial charge in [0.15, 0.2) is 5.65 Å². The average Bonchev–Trinajstić information content (AvgIpc) is 3.24. The summed E-state index contributed by atoms with van der Waals surface area (Å²) in [7, 11) is 0. The molecule has 0 atom stereocenters. The van der Waals surface area contributed by atoms with E-state index in [1.54, 1.807) is 27.9 Å². The molecule has 0 N–H and O–H groups in total. The standard InChI is InChI=1S/C23H19ClN6O2/c24-17-6-8-18(9-7-17)30-23-19(12-27-30)22(25-15-26-23)28-13-20(31)29(21(32)14-28)11-10-16-4-2-1-3-5-16/h1-9,12,15H,10-11,13-14H2. The highest BCUT2D eigenvalue weighted by Crippen LogP contribution is 2.26. The number of benzene rings is 2. The van der Waals surface area contributed by atoms with Crippen molar-refractivity contribution in [2.75, 3.05) is 24.5 Å². The monoisotopic (exact) mass is 446 g/mol. The molecule has 32 heavy (non-hydrogen) atoms. The minimum Gasteiger partial charge on any atom is -0.337 e. The van der Waals surface area contributed by atoms with Crippen LogP contribution in [0.4, 0.5) is 5.82 Å². The van der Waals surface area contributed by atoms with E-state index in [0.29, 0.717) is 34.8 Å². The van der Waals surface area contributed by atoms with Crippen molar-refractivity contribution in [2.24, 2.45) is 0 Å². The van der Waals surface area contributed by atoms with Crippen molar-refractivity contribution >= 4 is 40.3 Å². The second-order valence-electron chi connectivity index (χ2n) is 7.50. The van der Waals surface area contributed by atoms with Crippen LogP contribution in [0.2, 0.25) is 5.02 Å². The average molecular weight is 447 g/mol. The van der Waals surface area contributed by atoms with Crippen molar-refractivity contribution in [3.8, 4) is 5.69 Å². The maximum Gasteiger partial charge on any atom is 0.248 e. The molecule has 2 aromatic carbocycles. The van der Waals surface area contributed by atoms with Gasteiger partial charge in [0, 0.05) is 11.6 Å². The summed E-state index contributed by atoms with van der Waals surface area (Å²) in [5.41, 5.74) is 2.47. The number of hydrogen-bond acceptors (Lipinski definition) is 6. The molecule has 0 spiro atoms. The largest absolute Gasteiger partial charge is 0.337 e. The van der Waals surface area contributed by atoms with Crippen LogP contribution in [-0.2, 0) is 16.0 Å². The van der Waals surface area contributed by atoms with Gasteiger partial charge in [-0.1, -0.05) is 41.9 Å². The van der Waals surface area contributed by atoms with Crippen LogP contribution in [0, 0.1) is 0 Å². The fraction of sp³-hybridized carbons (Fsp3) is 0.174. The van der Waals surface area contributed by atoms with E-state index in [9.17, 15) is 9.59 Å². The maximum atomic E-state index is 12.8. The lowest BCUT2D eigenvalue weighted by Gasteiger charge is -2.33. The molecule has 1 aliphatic rings. The molecule has 5 rings (SSSR count). The maximum absolute atomic E-state index is 12.8. The van der Waals surface area contributed by atoms with Crippen molar-refractivity contribution in [3.05, 3.63) is 77.7 Å². The lowest BCUT2D eigenvalue weighted by Crippen LogP contribution is -2.54. The fourth-order valence-electron chi connectivity index (χ4n) is 3.83. The zero-order valence-electron chi connectivity index (χ0n) is 17.1. The Labute approximate surface area is 189 Å². The molecule has 1 saturated heterocycles. The number of imide groups is 1. The minimum absolute atomic E-state index is 0.0682. The van der Waals surface area contributed by atoms with Gasteiger partial charge in [-0.25, -0.2) is 14.6 Å². The molecule has 0 saturated carbocycles. The summed E-state index contributed by atoms with van der Waals surface area (Å²) in [6, 6.07) is 17.0. The number of carbonyl (C=O) groups is 2. The van der Waals surface area contributed by atoms with E-state index in [2.05, 4.69) is 15.1 Å². The van der Waals surface area contributed by atoms with Gasteiger partial charge in [-0.05, 0) is 36.2 Å². The molecule has 160 valence electrons. The number of halogens is 1. The summed E-state index contributed by atoms with van der Waals surface area (Å²) in [6.07, 6.45) is 3.70. The Morgan fingerprint density at radius 1 is 0.906 bits per heavy atom. The Morgan fingerprint density at radius 2 is 1.62 bits per heavy atom. The number of carbonyl (C=O) groups excluding carboxylic acids is 2. The van der Waals surface area contributed by atoms with Crippen LogP contribution in [-0.4, -0.2) is 56.1 Å². The van der Waals surface area contributed by atoms with Crippen molar-refractivity contribution in [3.63, 3.8) is 0 Å². The third-order valence-corrected chi connectivity index (χ3v) is 5.69. The Morgan fingerprint density at radius 3 is 2.34 bits per heavy atom. The predicted molar refractivity (Wildman–Crippen MR) is 121 cm³/mol. The first-order valence-corrected chi connectivity index (χ1v) is 10.5.